The van der Waals surface area contributed by atoms with E-state index >= 15 is 0 Å². The number of hydrogen-bond acceptors (Lipinski definition) is 4. The number of carbonyl (C=O) groups excluding carboxylic acids is 1. The molecule has 126 valence electrons. The minimum atomic E-state index is -0.0730. The van der Waals surface area contributed by atoms with E-state index in [9.17, 15) is 4.79 Å². The molecule has 8 heteroatoms. The monoisotopic (exact) mass is 357 g/mol. The van der Waals surface area contributed by atoms with Crippen molar-refractivity contribution in [1.82, 2.24) is 25.4 Å². The van der Waals surface area contributed by atoms with E-state index in [1.54, 1.807) is 16.9 Å². The standard InChI is InChI=1S/C15H19N5O.2ClH/c1-10-7-11(2)20(19-10)14-4-3-12(8-17-14)15(21)18-13-5-6-16-9-13;;/h3-4,7-8,13,16H,5-6,9H2,1-2H3,(H,18,21);2*1H. The van der Waals surface area contributed by atoms with Crippen molar-refractivity contribution < 1.29 is 4.79 Å². The Morgan fingerprint density at radius 2 is 2.13 bits per heavy atom. The number of carbonyl (C=O) groups is 1. The summed E-state index contributed by atoms with van der Waals surface area (Å²) in [6.07, 6.45) is 2.58. The lowest BCUT2D eigenvalue weighted by molar-refractivity contribution is 0.0939. The second-order valence-electron chi connectivity index (χ2n) is 5.41. The number of nitrogens with one attached hydrogen (secondary N) is 2. The molecule has 0 aromatic carbocycles. The van der Waals surface area contributed by atoms with Crippen molar-refractivity contribution in [3.8, 4) is 5.82 Å². The maximum absolute atomic E-state index is 12.1. The van der Waals surface area contributed by atoms with Crippen LogP contribution in [-0.2, 0) is 0 Å². The number of halogens is 2. The van der Waals surface area contributed by atoms with Crippen LogP contribution in [-0.4, -0.2) is 39.8 Å². The summed E-state index contributed by atoms with van der Waals surface area (Å²) in [5.41, 5.74) is 2.55. The van der Waals surface area contributed by atoms with Gasteiger partial charge in [0.05, 0.1) is 11.3 Å². The molecule has 1 saturated heterocycles. The van der Waals surface area contributed by atoms with Crippen LogP contribution < -0.4 is 10.6 Å². The summed E-state index contributed by atoms with van der Waals surface area (Å²) < 4.78 is 1.78. The van der Waals surface area contributed by atoms with Crippen LogP contribution in [0.25, 0.3) is 5.82 Å². The van der Waals surface area contributed by atoms with Gasteiger partial charge in [0, 0.05) is 24.5 Å². The van der Waals surface area contributed by atoms with Crippen molar-refractivity contribution in [3.63, 3.8) is 0 Å². The van der Waals surface area contributed by atoms with Gasteiger partial charge in [-0.25, -0.2) is 9.67 Å². The van der Waals surface area contributed by atoms with Crippen molar-refractivity contribution in [3.05, 3.63) is 41.3 Å². The Kier molecular flexibility index (Phi) is 7.00. The number of pyridine rings is 1. The second kappa shape index (κ2) is 8.29. The molecule has 1 fully saturated rings. The minimum absolute atomic E-state index is 0. The summed E-state index contributed by atoms with van der Waals surface area (Å²) in [7, 11) is 0. The van der Waals surface area contributed by atoms with E-state index in [4.69, 9.17) is 0 Å². The normalized spacial score (nSPS) is 16.3. The predicted molar refractivity (Wildman–Crippen MR) is 94.1 cm³/mol. The van der Waals surface area contributed by atoms with Gasteiger partial charge in [-0.1, -0.05) is 0 Å². The SMILES string of the molecule is Cc1cc(C)n(-c2ccc(C(=O)NC3CCNC3)cn2)n1.Cl.Cl. The Hall–Kier alpha value is -1.63. The van der Waals surface area contributed by atoms with Gasteiger partial charge in [-0.3, -0.25) is 4.79 Å². The number of nitrogens with zero attached hydrogens (tertiary/aromatic N) is 3. The first-order valence-electron chi connectivity index (χ1n) is 7.15. The average Bonchev–Trinajstić information content (AvgIpc) is 3.08. The van der Waals surface area contributed by atoms with Gasteiger partial charge in [0.2, 0.25) is 0 Å². The third-order valence-corrected chi connectivity index (χ3v) is 3.63. The zero-order valence-electron chi connectivity index (χ0n) is 13.1. The summed E-state index contributed by atoms with van der Waals surface area (Å²) >= 11 is 0. The molecule has 3 rings (SSSR count). The van der Waals surface area contributed by atoms with E-state index in [1.807, 2.05) is 26.0 Å². The summed E-state index contributed by atoms with van der Waals surface area (Å²) in [6, 6.07) is 5.82. The Morgan fingerprint density at radius 1 is 1.35 bits per heavy atom. The molecule has 2 N–H and O–H groups in total. The summed E-state index contributed by atoms with van der Waals surface area (Å²) in [6.45, 7) is 5.72. The van der Waals surface area contributed by atoms with Gasteiger partial charge in [0.25, 0.3) is 5.91 Å². The fourth-order valence-electron chi connectivity index (χ4n) is 2.55. The van der Waals surface area contributed by atoms with Crippen LogP contribution in [0.1, 0.15) is 28.2 Å². The van der Waals surface area contributed by atoms with E-state index < -0.39 is 0 Å². The lowest BCUT2D eigenvalue weighted by atomic mass is 10.2. The fraction of sp³-hybridized carbons (Fsp3) is 0.400. The minimum Gasteiger partial charge on any atom is -0.348 e. The van der Waals surface area contributed by atoms with E-state index in [0.717, 1.165) is 36.7 Å². The molecule has 1 aliphatic heterocycles. The number of amides is 1. The lowest BCUT2D eigenvalue weighted by Crippen LogP contribution is -2.36. The van der Waals surface area contributed by atoms with Crippen LogP contribution in [0, 0.1) is 13.8 Å². The van der Waals surface area contributed by atoms with Crippen LogP contribution in [0.5, 0.6) is 0 Å². The number of aryl methyl sites for hydroxylation is 2. The van der Waals surface area contributed by atoms with Crippen molar-refractivity contribution in [2.24, 2.45) is 0 Å². The Labute approximate surface area is 147 Å². The van der Waals surface area contributed by atoms with Crippen LogP contribution in [0.3, 0.4) is 0 Å². The zero-order valence-corrected chi connectivity index (χ0v) is 14.7. The lowest BCUT2D eigenvalue weighted by Gasteiger charge is -2.11. The van der Waals surface area contributed by atoms with Crippen molar-refractivity contribution in [2.75, 3.05) is 13.1 Å². The molecule has 23 heavy (non-hydrogen) atoms. The molecule has 6 nitrogen and oxygen atoms in total. The first kappa shape index (κ1) is 19.4. The van der Waals surface area contributed by atoms with Gasteiger partial charge in [0.15, 0.2) is 5.82 Å². The molecule has 1 amide bonds. The van der Waals surface area contributed by atoms with Crippen molar-refractivity contribution >= 4 is 30.7 Å². The molecule has 0 bridgehead atoms. The predicted octanol–water partition coefficient (Wildman–Crippen LogP) is 1.82. The highest BCUT2D eigenvalue weighted by molar-refractivity contribution is 5.94. The first-order chi connectivity index (χ1) is 10.1. The van der Waals surface area contributed by atoms with Crippen LogP contribution in [0.2, 0.25) is 0 Å². The van der Waals surface area contributed by atoms with Gasteiger partial charge in [-0.2, -0.15) is 5.10 Å². The van der Waals surface area contributed by atoms with E-state index in [1.165, 1.54) is 0 Å². The van der Waals surface area contributed by atoms with Crippen LogP contribution in [0.4, 0.5) is 0 Å². The molecular weight excluding hydrogens is 337 g/mol. The van der Waals surface area contributed by atoms with Gasteiger partial charge < -0.3 is 10.6 Å². The molecule has 0 spiro atoms. The average molecular weight is 358 g/mol. The smallest absolute Gasteiger partial charge is 0.253 e. The molecule has 1 aliphatic rings. The molecule has 2 aromatic heterocycles. The summed E-state index contributed by atoms with van der Waals surface area (Å²) in [4.78, 5) is 16.5. The fourth-order valence-corrected chi connectivity index (χ4v) is 2.55. The van der Waals surface area contributed by atoms with E-state index in [0.29, 0.717) is 5.56 Å². The zero-order chi connectivity index (χ0) is 14.8. The second-order valence-corrected chi connectivity index (χ2v) is 5.41. The summed E-state index contributed by atoms with van der Waals surface area (Å²) in [5.74, 6) is 0.649. The Bertz CT molecular complexity index is 650. The number of rotatable bonds is 3. The van der Waals surface area contributed by atoms with Crippen LogP contribution in [0.15, 0.2) is 24.4 Å². The van der Waals surface area contributed by atoms with Crippen molar-refractivity contribution in [2.45, 2.75) is 26.3 Å². The number of aromatic nitrogens is 3. The summed E-state index contributed by atoms with van der Waals surface area (Å²) in [5, 5.41) is 10.6. The topological polar surface area (TPSA) is 71.8 Å². The maximum Gasteiger partial charge on any atom is 0.253 e. The molecular formula is C15H21Cl2N5O. The molecule has 1 unspecified atom stereocenters. The third-order valence-electron chi connectivity index (χ3n) is 3.63. The molecule has 3 heterocycles. The molecule has 2 aromatic rings. The van der Waals surface area contributed by atoms with E-state index in [-0.39, 0.29) is 36.8 Å². The van der Waals surface area contributed by atoms with Crippen molar-refractivity contribution in [1.29, 1.82) is 0 Å². The largest absolute Gasteiger partial charge is 0.348 e. The Balaban J connectivity index is 0.00000132. The van der Waals surface area contributed by atoms with Gasteiger partial charge in [0.1, 0.15) is 0 Å². The molecule has 0 saturated carbocycles. The van der Waals surface area contributed by atoms with Crippen LogP contribution >= 0.6 is 24.8 Å². The first-order valence-corrected chi connectivity index (χ1v) is 7.15. The highest BCUT2D eigenvalue weighted by Gasteiger charge is 2.17. The van der Waals surface area contributed by atoms with E-state index in [2.05, 4.69) is 20.7 Å². The quantitative estimate of drug-likeness (QED) is 0.878. The number of hydrogen-bond donors (Lipinski definition) is 2. The molecule has 0 radical (unpaired) electrons. The van der Waals surface area contributed by atoms with Gasteiger partial charge in [-0.15, -0.1) is 24.8 Å². The van der Waals surface area contributed by atoms with Gasteiger partial charge in [-0.05, 0) is 45.0 Å². The highest BCUT2D eigenvalue weighted by Crippen LogP contribution is 2.10. The maximum atomic E-state index is 12.1. The highest BCUT2D eigenvalue weighted by atomic mass is 35.5. The Morgan fingerprint density at radius 3 is 2.65 bits per heavy atom. The molecule has 1 atom stereocenters. The van der Waals surface area contributed by atoms with Gasteiger partial charge >= 0.3 is 0 Å². The molecule has 0 aliphatic carbocycles. The third kappa shape index (κ3) is 4.43.